The number of aromatic nitrogens is 4. The molecule has 0 bridgehead atoms. The van der Waals surface area contributed by atoms with Crippen LogP contribution in [-0.4, -0.2) is 19.1 Å². The molecule has 0 saturated carbocycles. The van der Waals surface area contributed by atoms with E-state index in [-0.39, 0.29) is 0 Å². The Kier molecular flexibility index (Phi) is 5.89. The molecule has 238 valence electrons. The van der Waals surface area contributed by atoms with Gasteiger partial charge in [-0.3, -0.25) is 4.57 Å². The van der Waals surface area contributed by atoms with E-state index in [1.54, 1.807) is 0 Å². The van der Waals surface area contributed by atoms with E-state index in [1.165, 1.54) is 21.8 Å². The second-order valence-corrected chi connectivity index (χ2v) is 13.0. The molecule has 0 amide bonds. The summed E-state index contributed by atoms with van der Waals surface area (Å²) >= 11 is 0. The van der Waals surface area contributed by atoms with Gasteiger partial charge in [0.15, 0.2) is 5.58 Å². The molecule has 0 saturated heterocycles. The van der Waals surface area contributed by atoms with Crippen LogP contribution in [0.3, 0.4) is 0 Å². The summed E-state index contributed by atoms with van der Waals surface area (Å²) in [6.07, 6.45) is 1.81. The zero-order valence-corrected chi connectivity index (χ0v) is 27.4. The number of fused-ring (bicyclic) bond motifs is 9. The van der Waals surface area contributed by atoms with Crippen LogP contribution in [0.5, 0.6) is 0 Å². The van der Waals surface area contributed by atoms with Gasteiger partial charge in [0.2, 0.25) is 5.95 Å². The average molecular weight is 653 g/mol. The number of hydrogen-bond donors (Lipinski definition) is 0. The second kappa shape index (κ2) is 10.8. The summed E-state index contributed by atoms with van der Waals surface area (Å²) < 4.78 is 10.9. The van der Waals surface area contributed by atoms with Crippen molar-refractivity contribution in [2.45, 2.75) is 0 Å². The van der Waals surface area contributed by atoms with Crippen molar-refractivity contribution < 1.29 is 4.42 Å². The van der Waals surface area contributed by atoms with E-state index in [0.717, 1.165) is 66.2 Å². The summed E-state index contributed by atoms with van der Waals surface area (Å²) in [5.41, 5.74) is 12.3. The smallest absolute Gasteiger partial charge is 0.235 e. The Labute approximate surface area is 292 Å². The summed E-state index contributed by atoms with van der Waals surface area (Å²) in [5.74, 6) is 0.607. The third-order valence-corrected chi connectivity index (χ3v) is 10.2. The molecule has 5 heteroatoms. The molecule has 0 spiro atoms. The van der Waals surface area contributed by atoms with Crippen molar-refractivity contribution in [1.29, 1.82) is 0 Å². The fraction of sp³-hybridized carbons (Fsp3) is 0. The lowest BCUT2D eigenvalue weighted by molar-refractivity contribution is 0.665. The minimum absolute atomic E-state index is 0.607. The zero-order valence-electron chi connectivity index (χ0n) is 27.4. The number of benzene rings is 7. The Balaban J connectivity index is 1.14. The van der Waals surface area contributed by atoms with Gasteiger partial charge < -0.3 is 8.98 Å². The topological polar surface area (TPSA) is 48.8 Å². The Hall–Kier alpha value is -6.98. The molecule has 0 atom stereocenters. The van der Waals surface area contributed by atoms with Gasteiger partial charge in [-0.25, -0.2) is 9.97 Å². The molecule has 0 aliphatic rings. The highest BCUT2D eigenvalue weighted by Crippen LogP contribution is 2.40. The number of furan rings is 1. The largest absolute Gasteiger partial charge is 0.453 e. The van der Waals surface area contributed by atoms with E-state index in [2.05, 4.69) is 173 Å². The quantitative estimate of drug-likeness (QED) is 0.190. The SMILES string of the molecule is c1ccc(-c2cccc3c4ccccc4n(-c4ncc5oc6ccc(-c7ccccc7-n7c8ccccc8c8ccccc87)cc6c5n4)c23)cc1. The first-order valence-electron chi connectivity index (χ1n) is 17.2. The lowest BCUT2D eigenvalue weighted by Crippen LogP contribution is -2.01. The molecule has 4 heterocycles. The maximum absolute atomic E-state index is 6.36. The van der Waals surface area contributed by atoms with E-state index >= 15 is 0 Å². The molecule has 11 aromatic rings. The molecule has 5 nitrogen and oxygen atoms in total. The predicted octanol–water partition coefficient (Wildman–Crippen LogP) is 11.9. The first kappa shape index (κ1) is 27.9. The van der Waals surface area contributed by atoms with Crippen LogP contribution in [0.1, 0.15) is 0 Å². The number of rotatable bonds is 4. The Bertz CT molecular complexity index is 3090. The van der Waals surface area contributed by atoms with E-state index < -0.39 is 0 Å². The third kappa shape index (κ3) is 4.09. The summed E-state index contributed by atoms with van der Waals surface area (Å²) in [4.78, 5) is 10.2. The first-order valence-corrected chi connectivity index (χ1v) is 17.2. The predicted molar refractivity (Wildman–Crippen MR) is 209 cm³/mol. The van der Waals surface area contributed by atoms with Gasteiger partial charge in [-0.15, -0.1) is 0 Å². The Morgan fingerprint density at radius 1 is 0.431 bits per heavy atom. The van der Waals surface area contributed by atoms with Crippen LogP contribution in [-0.2, 0) is 0 Å². The monoisotopic (exact) mass is 652 g/mol. The minimum Gasteiger partial charge on any atom is -0.453 e. The van der Waals surface area contributed by atoms with Crippen LogP contribution in [0.2, 0.25) is 0 Å². The standard InChI is InChI=1S/C46H28N4O/c1-2-13-29(14-3-1)32-19-12-20-36-35-18-7-11-24-41(35)50(45(32)36)46-47-28-43-44(48-46)37-27-30(25-26-42(37)51-43)31-15-4-8-21-38(31)49-39-22-9-5-16-33(39)34-17-6-10-23-40(34)49/h1-28H. The molecule has 0 radical (unpaired) electrons. The van der Waals surface area contributed by atoms with E-state index in [1.807, 2.05) is 6.20 Å². The van der Waals surface area contributed by atoms with Gasteiger partial charge in [0, 0.05) is 38.1 Å². The molecule has 11 rings (SSSR count). The van der Waals surface area contributed by atoms with E-state index in [0.29, 0.717) is 11.5 Å². The van der Waals surface area contributed by atoms with E-state index in [4.69, 9.17) is 14.4 Å². The summed E-state index contributed by atoms with van der Waals surface area (Å²) in [7, 11) is 0. The average Bonchev–Trinajstić information content (AvgIpc) is 3.85. The molecule has 4 aromatic heterocycles. The van der Waals surface area contributed by atoms with Gasteiger partial charge in [0.25, 0.3) is 0 Å². The summed E-state index contributed by atoms with van der Waals surface area (Å²) in [6, 6.07) is 57.8. The van der Waals surface area contributed by atoms with Gasteiger partial charge in [0.05, 0.1) is 34.0 Å². The van der Waals surface area contributed by atoms with Crippen molar-refractivity contribution in [3.05, 3.63) is 170 Å². The van der Waals surface area contributed by atoms with Crippen LogP contribution in [0.4, 0.5) is 0 Å². The van der Waals surface area contributed by atoms with Crippen molar-refractivity contribution in [1.82, 2.24) is 19.1 Å². The van der Waals surface area contributed by atoms with Crippen molar-refractivity contribution in [2.24, 2.45) is 0 Å². The molecular formula is C46H28N4O. The first-order chi connectivity index (χ1) is 25.3. The Morgan fingerprint density at radius 2 is 1.04 bits per heavy atom. The maximum atomic E-state index is 6.36. The molecule has 0 fully saturated rings. The molecule has 51 heavy (non-hydrogen) atoms. The molecule has 0 aliphatic heterocycles. The molecule has 0 aliphatic carbocycles. The summed E-state index contributed by atoms with van der Waals surface area (Å²) in [5, 5.41) is 5.76. The van der Waals surface area contributed by atoms with Crippen LogP contribution in [0, 0.1) is 0 Å². The highest BCUT2D eigenvalue weighted by Gasteiger charge is 2.20. The normalized spacial score (nSPS) is 11.9. The fourth-order valence-electron chi connectivity index (χ4n) is 8.00. The van der Waals surface area contributed by atoms with Crippen molar-refractivity contribution in [3.8, 4) is 33.9 Å². The van der Waals surface area contributed by atoms with Crippen LogP contribution >= 0.6 is 0 Å². The lowest BCUT2D eigenvalue weighted by atomic mass is 10.0. The fourth-order valence-corrected chi connectivity index (χ4v) is 8.00. The van der Waals surface area contributed by atoms with Gasteiger partial charge in [-0.2, -0.15) is 0 Å². The molecule has 7 aromatic carbocycles. The van der Waals surface area contributed by atoms with Crippen LogP contribution < -0.4 is 0 Å². The highest BCUT2D eigenvalue weighted by molar-refractivity contribution is 6.14. The van der Waals surface area contributed by atoms with Gasteiger partial charge in [-0.05, 0) is 47.5 Å². The maximum Gasteiger partial charge on any atom is 0.235 e. The zero-order chi connectivity index (χ0) is 33.5. The van der Waals surface area contributed by atoms with Crippen LogP contribution in [0.15, 0.2) is 174 Å². The number of nitrogens with zero attached hydrogens (tertiary/aromatic N) is 4. The van der Waals surface area contributed by atoms with Crippen molar-refractivity contribution in [3.63, 3.8) is 0 Å². The highest BCUT2D eigenvalue weighted by atomic mass is 16.3. The number of hydrogen-bond acceptors (Lipinski definition) is 3. The second-order valence-electron chi connectivity index (χ2n) is 13.0. The van der Waals surface area contributed by atoms with Crippen molar-refractivity contribution >= 4 is 65.7 Å². The van der Waals surface area contributed by atoms with E-state index in [9.17, 15) is 0 Å². The molecule has 0 N–H and O–H groups in total. The molecule has 0 unspecified atom stereocenters. The Morgan fingerprint density at radius 3 is 1.80 bits per heavy atom. The van der Waals surface area contributed by atoms with Crippen LogP contribution in [0.25, 0.3) is 99.6 Å². The molecular weight excluding hydrogens is 625 g/mol. The lowest BCUT2D eigenvalue weighted by Gasteiger charge is -2.14. The minimum atomic E-state index is 0.607. The number of para-hydroxylation sites is 5. The van der Waals surface area contributed by atoms with Gasteiger partial charge >= 0.3 is 0 Å². The van der Waals surface area contributed by atoms with Gasteiger partial charge in [-0.1, -0.05) is 127 Å². The summed E-state index contributed by atoms with van der Waals surface area (Å²) in [6.45, 7) is 0. The van der Waals surface area contributed by atoms with Gasteiger partial charge in [0.1, 0.15) is 11.1 Å². The van der Waals surface area contributed by atoms with Crippen molar-refractivity contribution in [2.75, 3.05) is 0 Å². The third-order valence-electron chi connectivity index (χ3n) is 10.2.